The molecule has 0 fully saturated rings. The summed E-state index contributed by atoms with van der Waals surface area (Å²) in [5, 5.41) is 0. The van der Waals surface area contributed by atoms with Crippen molar-refractivity contribution in [3.63, 3.8) is 0 Å². The van der Waals surface area contributed by atoms with Crippen LogP contribution >= 0.6 is 0 Å². The van der Waals surface area contributed by atoms with Crippen LogP contribution in [0.4, 0.5) is 0 Å². The first-order chi connectivity index (χ1) is 7.74. The van der Waals surface area contributed by atoms with E-state index in [9.17, 15) is 13.2 Å². The molecule has 17 heavy (non-hydrogen) atoms. The zero-order valence-corrected chi connectivity index (χ0v) is 10.9. The Bertz CT molecular complexity index is 527. The minimum Gasteiger partial charge on any atom is -0.369 e. The maximum absolute atomic E-state index is 12.0. The van der Waals surface area contributed by atoms with Crippen LogP contribution in [0.25, 0.3) is 0 Å². The van der Waals surface area contributed by atoms with Crippen LogP contribution in [0.2, 0.25) is 0 Å². The second-order valence-electron chi connectivity index (χ2n) is 4.02. The average Bonchev–Trinajstić information content (AvgIpc) is 2.12. The number of hydrogen-bond acceptors (Lipinski definition) is 3. The molecule has 0 atom stereocenters. The smallest absolute Gasteiger partial charge is 0.241 e. The van der Waals surface area contributed by atoms with Crippen molar-refractivity contribution >= 4 is 15.9 Å². The van der Waals surface area contributed by atoms with Crippen molar-refractivity contribution < 1.29 is 13.2 Å². The number of primary amides is 1. The van der Waals surface area contributed by atoms with Gasteiger partial charge in [0.25, 0.3) is 0 Å². The lowest BCUT2D eigenvalue weighted by atomic mass is 10.1. The summed E-state index contributed by atoms with van der Waals surface area (Å²) >= 11 is 0. The number of carbonyl (C=O) groups is 1. The quantitative estimate of drug-likeness (QED) is 0.816. The van der Waals surface area contributed by atoms with E-state index >= 15 is 0 Å². The Hall–Kier alpha value is -1.40. The Morgan fingerprint density at radius 3 is 2.12 bits per heavy atom. The largest absolute Gasteiger partial charge is 0.369 e. The van der Waals surface area contributed by atoms with Gasteiger partial charge in [0.05, 0.1) is 11.4 Å². The standard InChI is InChI=1S/C11H16N2O3S/c1-7-4-8(2)11(9(3)5-7)17(15,16)13-6-10(12)14/h4-5,13H,6H2,1-3H3,(H2,12,14). The van der Waals surface area contributed by atoms with Gasteiger partial charge in [-0.1, -0.05) is 17.7 Å². The minimum absolute atomic E-state index is 0.212. The molecule has 0 bridgehead atoms. The van der Waals surface area contributed by atoms with E-state index < -0.39 is 22.5 Å². The molecule has 0 heterocycles. The molecular weight excluding hydrogens is 240 g/mol. The number of carbonyl (C=O) groups excluding carboxylic acids is 1. The zero-order valence-electron chi connectivity index (χ0n) is 10.1. The molecule has 0 aliphatic heterocycles. The predicted octanol–water partition coefficient (Wildman–Crippen LogP) is 0.375. The van der Waals surface area contributed by atoms with Crippen LogP contribution in [0.5, 0.6) is 0 Å². The average molecular weight is 256 g/mol. The van der Waals surface area contributed by atoms with Gasteiger partial charge < -0.3 is 5.73 Å². The topological polar surface area (TPSA) is 89.3 Å². The van der Waals surface area contributed by atoms with Gasteiger partial charge in [-0.3, -0.25) is 4.79 Å². The molecule has 0 saturated heterocycles. The first-order valence-corrected chi connectivity index (χ1v) is 6.58. The zero-order chi connectivity index (χ0) is 13.2. The molecular formula is C11H16N2O3S. The van der Waals surface area contributed by atoms with Gasteiger partial charge >= 0.3 is 0 Å². The van der Waals surface area contributed by atoms with Crippen molar-refractivity contribution in [3.8, 4) is 0 Å². The first-order valence-electron chi connectivity index (χ1n) is 5.10. The van der Waals surface area contributed by atoms with Crippen LogP contribution in [-0.2, 0) is 14.8 Å². The Morgan fingerprint density at radius 1 is 1.24 bits per heavy atom. The lowest BCUT2D eigenvalue weighted by Crippen LogP contribution is -2.34. The highest BCUT2D eigenvalue weighted by Crippen LogP contribution is 2.21. The molecule has 94 valence electrons. The van der Waals surface area contributed by atoms with Gasteiger partial charge in [-0.05, 0) is 31.9 Å². The van der Waals surface area contributed by atoms with Crippen molar-refractivity contribution in [2.24, 2.45) is 5.73 Å². The number of nitrogens with one attached hydrogen (secondary N) is 1. The van der Waals surface area contributed by atoms with Gasteiger partial charge in [-0.2, -0.15) is 0 Å². The Labute approximate surface area is 101 Å². The molecule has 1 aromatic carbocycles. The maximum atomic E-state index is 12.0. The van der Waals surface area contributed by atoms with Crippen molar-refractivity contribution in [2.75, 3.05) is 6.54 Å². The summed E-state index contributed by atoms with van der Waals surface area (Å²) in [4.78, 5) is 10.8. The summed E-state index contributed by atoms with van der Waals surface area (Å²) in [6, 6.07) is 3.57. The molecule has 0 aliphatic carbocycles. The van der Waals surface area contributed by atoms with Crippen molar-refractivity contribution in [1.82, 2.24) is 4.72 Å². The summed E-state index contributed by atoms with van der Waals surface area (Å²) in [7, 11) is -3.68. The fourth-order valence-electron chi connectivity index (χ4n) is 1.83. The fraction of sp³-hybridized carbons (Fsp3) is 0.364. The Kier molecular flexibility index (Phi) is 3.90. The third kappa shape index (κ3) is 3.28. The lowest BCUT2D eigenvalue weighted by molar-refractivity contribution is -0.116. The molecule has 0 radical (unpaired) electrons. The molecule has 6 heteroatoms. The van der Waals surface area contributed by atoms with Crippen LogP contribution in [0, 0.1) is 20.8 Å². The van der Waals surface area contributed by atoms with Crippen molar-refractivity contribution in [3.05, 3.63) is 28.8 Å². The minimum atomic E-state index is -3.68. The monoisotopic (exact) mass is 256 g/mol. The SMILES string of the molecule is Cc1cc(C)c(S(=O)(=O)NCC(N)=O)c(C)c1. The number of aryl methyl sites for hydroxylation is 3. The summed E-state index contributed by atoms with van der Waals surface area (Å²) in [6.07, 6.45) is 0. The summed E-state index contributed by atoms with van der Waals surface area (Å²) in [6.45, 7) is 4.94. The molecule has 3 N–H and O–H groups in total. The summed E-state index contributed by atoms with van der Waals surface area (Å²) in [5.74, 6) is -0.712. The van der Waals surface area contributed by atoms with Crippen LogP contribution in [0.15, 0.2) is 17.0 Å². The number of sulfonamides is 1. The second kappa shape index (κ2) is 4.85. The van der Waals surface area contributed by atoms with Gasteiger partial charge in [0.2, 0.25) is 15.9 Å². The number of nitrogens with two attached hydrogens (primary N) is 1. The molecule has 0 aromatic heterocycles. The van der Waals surface area contributed by atoms with E-state index in [1.807, 2.05) is 6.92 Å². The van der Waals surface area contributed by atoms with E-state index in [4.69, 9.17) is 5.73 Å². The first kappa shape index (κ1) is 13.7. The highest BCUT2D eigenvalue weighted by atomic mass is 32.2. The molecule has 1 rings (SSSR count). The van der Waals surface area contributed by atoms with Gasteiger partial charge in [0.1, 0.15) is 0 Å². The number of amides is 1. The highest BCUT2D eigenvalue weighted by Gasteiger charge is 2.19. The third-order valence-corrected chi connectivity index (χ3v) is 4.02. The molecule has 0 unspecified atom stereocenters. The molecule has 1 aromatic rings. The molecule has 0 aliphatic rings. The van der Waals surface area contributed by atoms with Crippen LogP contribution in [0.3, 0.4) is 0 Å². The Morgan fingerprint density at radius 2 is 1.71 bits per heavy atom. The second-order valence-corrected chi connectivity index (χ2v) is 5.72. The molecule has 0 saturated carbocycles. The molecule has 5 nitrogen and oxygen atoms in total. The number of rotatable bonds is 4. The normalized spacial score (nSPS) is 11.5. The van der Waals surface area contributed by atoms with E-state index in [1.165, 1.54) is 0 Å². The molecule has 1 amide bonds. The van der Waals surface area contributed by atoms with Gasteiger partial charge in [-0.25, -0.2) is 13.1 Å². The summed E-state index contributed by atoms with van der Waals surface area (Å²) in [5.41, 5.74) is 7.21. The van der Waals surface area contributed by atoms with Crippen LogP contribution in [-0.4, -0.2) is 20.9 Å². The van der Waals surface area contributed by atoms with E-state index in [0.717, 1.165) is 5.56 Å². The van der Waals surface area contributed by atoms with Crippen molar-refractivity contribution in [1.29, 1.82) is 0 Å². The fourth-order valence-corrected chi connectivity index (χ4v) is 3.27. The van der Waals surface area contributed by atoms with Crippen molar-refractivity contribution in [2.45, 2.75) is 25.7 Å². The van der Waals surface area contributed by atoms with E-state index in [-0.39, 0.29) is 4.90 Å². The van der Waals surface area contributed by atoms with Crippen LogP contribution < -0.4 is 10.5 Å². The van der Waals surface area contributed by atoms with Gasteiger partial charge in [0.15, 0.2) is 0 Å². The van der Waals surface area contributed by atoms with Gasteiger partial charge in [0, 0.05) is 0 Å². The van der Waals surface area contributed by atoms with Crippen LogP contribution in [0.1, 0.15) is 16.7 Å². The highest BCUT2D eigenvalue weighted by molar-refractivity contribution is 7.89. The summed E-state index contributed by atoms with van der Waals surface area (Å²) < 4.78 is 26.1. The molecule has 0 spiro atoms. The maximum Gasteiger partial charge on any atom is 0.241 e. The lowest BCUT2D eigenvalue weighted by Gasteiger charge is -2.12. The van der Waals surface area contributed by atoms with E-state index in [0.29, 0.717) is 11.1 Å². The predicted molar refractivity (Wildman–Crippen MR) is 65.0 cm³/mol. The van der Waals surface area contributed by atoms with E-state index in [1.54, 1.807) is 26.0 Å². The van der Waals surface area contributed by atoms with E-state index in [2.05, 4.69) is 4.72 Å². The number of hydrogen-bond donors (Lipinski definition) is 2. The Balaban J connectivity index is 3.20. The van der Waals surface area contributed by atoms with Gasteiger partial charge in [-0.15, -0.1) is 0 Å². The third-order valence-electron chi connectivity index (χ3n) is 2.31. The number of benzene rings is 1.